The topological polar surface area (TPSA) is 49.5 Å². The predicted octanol–water partition coefficient (Wildman–Crippen LogP) is 1.60. The molecule has 0 spiro atoms. The first kappa shape index (κ1) is 13.3. The average Bonchev–Trinajstić information content (AvgIpc) is 2.33. The Bertz CT molecular complexity index is 259. The van der Waals surface area contributed by atoms with E-state index in [9.17, 15) is 5.11 Å². The molecule has 0 amide bonds. The van der Waals surface area contributed by atoms with Crippen LogP contribution in [0.4, 0.5) is 0 Å². The molecule has 1 heterocycles. The Labute approximate surface area is 105 Å². The van der Waals surface area contributed by atoms with Crippen LogP contribution in [-0.2, 0) is 0 Å². The Balaban J connectivity index is 1.94. The van der Waals surface area contributed by atoms with Crippen LogP contribution < -0.4 is 5.73 Å². The van der Waals surface area contributed by atoms with E-state index in [0.717, 1.165) is 24.7 Å². The fraction of sp³-hybridized carbons (Fsp3) is 1.00. The number of nitrogens with zero attached hydrogens (tertiary/aromatic N) is 1. The molecule has 3 nitrogen and oxygen atoms in total. The lowest BCUT2D eigenvalue weighted by Gasteiger charge is -2.45. The molecule has 1 aliphatic heterocycles. The summed E-state index contributed by atoms with van der Waals surface area (Å²) in [6.07, 6.45) is 5.71. The van der Waals surface area contributed by atoms with E-state index in [2.05, 4.69) is 18.7 Å². The fourth-order valence-electron chi connectivity index (χ4n) is 3.45. The molecule has 0 aromatic rings. The fourth-order valence-corrected chi connectivity index (χ4v) is 3.45. The van der Waals surface area contributed by atoms with Crippen molar-refractivity contribution in [3.8, 4) is 0 Å². The minimum absolute atomic E-state index is 0.142. The van der Waals surface area contributed by atoms with Gasteiger partial charge in [0.05, 0.1) is 6.61 Å². The van der Waals surface area contributed by atoms with Crippen molar-refractivity contribution in [1.29, 1.82) is 0 Å². The summed E-state index contributed by atoms with van der Waals surface area (Å²) in [7, 11) is 0. The number of likely N-dealkylation sites (tertiary alicyclic amines) is 1. The molecule has 1 aliphatic carbocycles. The number of aliphatic hydroxyl groups is 1. The zero-order chi connectivity index (χ0) is 12.5. The molecule has 4 unspecified atom stereocenters. The van der Waals surface area contributed by atoms with E-state index in [-0.39, 0.29) is 12.1 Å². The third-order valence-corrected chi connectivity index (χ3v) is 5.05. The van der Waals surface area contributed by atoms with Crippen molar-refractivity contribution >= 4 is 0 Å². The molecule has 2 rings (SSSR count). The largest absolute Gasteiger partial charge is 0.394 e. The van der Waals surface area contributed by atoms with Gasteiger partial charge in [-0.25, -0.2) is 0 Å². The maximum atomic E-state index is 9.42. The molecule has 17 heavy (non-hydrogen) atoms. The van der Waals surface area contributed by atoms with Crippen LogP contribution in [0.2, 0.25) is 0 Å². The Hall–Kier alpha value is -0.120. The van der Waals surface area contributed by atoms with Gasteiger partial charge in [0.15, 0.2) is 0 Å². The second-order valence-corrected chi connectivity index (χ2v) is 6.51. The summed E-state index contributed by atoms with van der Waals surface area (Å²) in [6, 6.07) is 0.607. The van der Waals surface area contributed by atoms with Gasteiger partial charge in [0.25, 0.3) is 0 Å². The Morgan fingerprint density at radius 3 is 2.71 bits per heavy atom. The van der Waals surface area contributed by atoms with E-state index in [0.29, 0.717) is 6.04 Å². The first-order chi connectivity index (χ1) is 8.04. The zero-order valence-corrected chi connectivity index (χ0v) is 11.4. The minimum atomic E-state index is -0.310. The number of aliphatic hydroxyl groups excluding tert-OH is 1. The summed E-state index contributed by atoms with van der Waals surface area (Å²) in [5.41, 5.74) is 5.93. The van der Waals surface area contributed by atoms with Gasteiger partial charge in [0.2, 0.25) is 0 Å². The summed E-state index contributed by atoms with van der Waals surface area (Å²) in [6.45, 7) is 7.31. The highest BCUT2D eigenvalue weighted by Gasteiger charge is 2.36. The van der Waals surface area contributed by atoms with Gasteiger partial charge < -0.3 is 15.7 Å². The van der Waals surface area contributed by atoms with Crippen molar-refractivity contribution in [2.75, 3.05) is 19.7 Å². The lowest BCUT2D eigenvalue weighted by atomic mass is 9.78. The summed E-state index contributed by atoms with van der Waals surface area (Å²) in [5, 5.41) is 9.42. The van der Waals surface area contributed by atoms with Crippen LogP contribution in [-0.4, -0.2) is 41.3 Å². The van der Waals surface area contributed by atoms with Crippen molar-refractivity contribution < 1.29 is 5.11 Å². The lowest BCUT2D eigenvalue weighted by molar-refractivity contribution is 0.0420. The third-order valence-electron chi connectivity index (χ3n) is 5.05. The molecule has 0 bridgehead atoms. The quantitative estimate of drug-likeness (QED) is 0.771. The molecule has 100 valence electrons. The molecule has 0 aromatic carbocycles. The number of hydrogen-bond donors (Lipinski definition) is 2. The first-order valence-electron chi connectivity index (χ1n) is 7.18. The van der Waals surface area contributed by atoms with Crippen LogP contribution in [0.1, 0.15) is 46.0 Å². The van der Waals surface area contributed by atoms with E-state index >= 15 is 0 Å². The Morgan fingerprint density at radius 1 is 1.29 bits per heavy atom. The van der Waals surface area contributed by atoms with Crippen molar-refractivity contribution in [2.45, 2.75) is 57.5 Å². The van der Waals surface area contributed by atoms with Crippen molar-refractivity contribution in [3.05, 3.63) is 0 Å². The zero-order valence-electron chi connectivity index (χ0n) is 11.4. The SMILES string of the molecule is CC1CCN(C2CCCC(N)(CO)C2)CC1C. The molecular weight excluding hydrogens is 212 g/mol. The van der Waals surface area contributed by atoms with E-state index in [1.54, 1.807) is 0 Å². The third kappa shape index (κ3) is 3.01. The summed E-state index contributed by atoms with van der Waals surface area (Å²) < 4.78 is 0. The lowest BCUT2D eigenvalue weighted by Crippen LogP contribution is -2.55. The normalized spacial score (nSPS) is 44.8. The average molecular weight is 240 g/mol. The maximum Gasteiger partial charge on any atom is 0.0611 e. The van der Waals surface area contributed by atoms with Gasteiger partial charge in [-0.05, 0) is 50.5 Å². The predicted molar refractivity (Wildman–Crippen MR) is 70.8 cm³/mol. The summed E-state index contributed by atoms with van der Waals surface area (Å²) in [5.74, 6) is 1.65. The smallest absolute Gasteiger partial charge is 0.0611 e. The highest BCUT2D eigenvalue weighted by atomic mass is 16.3. The molecule has 4 atom stereocenters. The van der Waals surface area contributed by atoms with Gasteiger partial charge >= 0.3 is 0 Å². The van der Waals surface area contributed by atoms with Gasteiger partial charge in [-0.2, -0.15) is 0 Å². The highest BCUT2D eigenvalue weighted by Crippen LogP contribution is 2.32. The molecule has 0 radical (unpaired) electrons. The monoisotopic (exact) mass is 240 g/mol. The Kier molecular flexibility index (Phi) is 4.11. The van der Waals surface area contributed by atoms with Crippen LogP contribution in [0.25, 0.3) is 0 Å². The van der Waals surface area contributed by atoms with Gasteiger partial charge in [0, 0.05) is 18.1 Å². The molecule has 3 N–H and O–H groups in total. The molecule has 0 aromatic heterocycles. The molecule has 2 aliphatic rings. The first-order valence-corrected chi connectivity index (χ1v) is 7.18. The van der Waals surface area contributed by atoms with Crippen molar-refractivity contribution in [1.82, 2.24) is 4.90 Å². The number of rotatable bonds is 2. The van der Waals surface area contributed by atoms with Gasteiger partial charge in [-0.1, -0.05) is 13.8 Å². The van der Waals surface area contributed by atoms with Crippen LogP contribution >= 0.6 is 0 Å². The summed E-state index contributed by atoms with van der Waals surface area (Å²) >= 11 is 0. The standard InChI is InChI=1S/C14H28N2O/c1-11-5-7-16(9-12(11)2)13-4-3-6-14(15,8-13)10-17/h11-13,17H,3-10,15H2,1-2H3. The van der Waals surface area contributed by atoms with Crippen molar-refractivity contribution in [2.24, 2.45) is 17.6 Å². The van der Waals surface area contributed by atoms with Gasteiger partial charge in [-0.15, -0.1) is 0 Å². The van der Waals surface area contributed by atoms with Crippen LogP contribution in [0.5, 0.6) is 0 Å². The number of hydrogen-bond acceptors (Lipinski definition) is 3. The van der Waals surface area contributed by atoms with Crippen LogP contribution in [0.15, 0.2) is 0 Å². The minimum Gasteiger partial charge on any atom is -0.394 e. The van der Waals surface area contributed by atoms with Gasteiger partial charge in [-0.3, -0.25) is 0 Å². The Morgan fingerprint density at radius 2 is 2.06 bits per heavy atom. The molecule has 2 fully saturated rings. The summed E-state index contributed by atoms with van der Waals surface area (Å²) in [4.78, 5) is 2.63. The van der Waals surface area contributed by atoms with Crippen molar-refractivity contribution in [3.63, 3.8) is 0 Å². The van der Waals surface area contributed by atoms with Gasteiger partial charge in [0.1, 0.15) is 0 Å². The van der Waals surface area contributed by atoms with E-state index in [4.69, 9.17) is 5.73 Å². The number of piperidine rings is 1. The van der Waals surface area contributed by atoms with Crippen LogP contribution in [0.3, 0.4) is 0 Å². The second kappa shape index (κ2) is 5.25. The van der Waals surface area contributed by atoms with E-state index in [1.807, 2.05) is 0 Å². The van der Waals surface area contributed by atoms with E-state index < -0.39 is 0 Å². The molecule has 1 saturated carbocycles. The van der Waals surface area contributed by atoms with E-state index in [1.165, 1.54) is 32.4 Å². The molecule has 1 saturated heterocycles. The highest BCUT2D eigenvalue weighted by molar-refractivity contribution is 4.95. The molecular formula is C14H28N2O. The maximum absolute atomic E-state index is 9.42. The number of nitrogens with two attached hydrogens (primary N) is 1. The van der Waals surface area contributed by atoms with Crippen LogP contribution in [0, 0.1) is 11.8 Å². The molecule has 3 heteroatoms. The second-order valence-electron chi connectivity index (χ2n) is 6.51.